The van der Waals surface area contributed by atoms with Crippen LogP contribution in [0.3, 0.4) is 0 Å². The Morgan fingerprint density at radius 1 is 1.12 bits per heavy atom. The summed E-state index contributed by atoms with van der Waals surface area (Å²) in [4.78, 5) is 10.1. The van der Waals surface area contributed by atoms with Gasteiger partial charge in [0.05, 0.1) is 0 Å². The topological polar surface area (TPSA) is 73.4 Å². The number of rotatable bonds is 10. The van der Waals surface area contributed by atoms with Gasteiger partial charge in [0, 0.05) is 32.7 Å². The number of amides is 1. The molecule has 0 aliphatic rings. The monoisotopic (exact) mass is 229 g/mol. The minimum atomic E-state index is -0.971. The van der Waals surface area contributed by atoms with Crippen LogP contribution in [0, 0.1) is 0 Å². The number of allylic oxidation sites excluding steroid dienone is 1. The molecule has 5 nitrogen and oxygen atoms in total. The molecule has 0 aliphatic carbocycles. The van der Waals surface area contributed by atoms with Crippen molar-refractivity contribution < 1.29 is 9.90 Å². The van der Waals surface area contributed by atoms with E-state index in [4.69, 9.17) is 5.11 Å². The van der Waals surface area contributed by atoms with E-state index in [-0.39, 0.29) is 0 Å². The highest BCUT2D eigenvalue weighted by atomic mass is 16.4. The average Bonchev–Trinajstić information content (AvgIpc) is 2.25. The zero-order chi connectivity index (χ0) is 12.1. The second kappa shape index (κ2) is 12.0. The van der Waals surface area contributed by atoms with E-state index in [1.807, 2.05) is 0 Å². The number of carbonyl (C=O) groups is 1. The molecule has 0 aromatic rings. The second-order valence-corrected chi connectivity index (χ2v) is 3.45. The van der Waals surface area contributed by atoms with Gasteiger partial charge in [0.15, 0.2) is 0 Å². The zero-order valence-electron chi connectivity index (χ0n) is 9.96. The van der Waals surface area contributed by atoms with E-state index < -0.39 is 6.09 Å². The Labute approximate surface area is 97.3 Å². The molecule has 0 radical (unpaired) electrons. The van der Waals surface area contributed by atoms with Crippen LogP contribution in [0.15, 0.2) is 12.2 Å². The van der Waals surface area contributed by atoms with Gasteiger partial charge in [-0.05, 0) is 6.42 Å². The summed E-state index contributed by atoms with van der Waals surface area (Å²) in [6, 6.07) is 0. The molecule has 0 aromatic heterocycles. The van der Waals surface area contributed by atoms with E-state index in [9.17, 15) is 4.79 Å². The van der Waals surface area contributed by atoms with Gasteiger partial charge in [-0.25, -0.2) is 4.79 Å². The normalized spacial score (nSPS) is 10.8. The number of hydrogen-bond acceptors (Lipinski definition) is 3. The van der Waals surface area contributed by atoms with Crippen LogP contribution in [-0.4, -0.2) is 43.9 Å². The van der Waals surface area contributed by atoms with E-state index in [2.05, 4.69) is 35.0 Å². The van der Waals surface area contributed by atoms with Crippen molar-refractivity contribution in [2.24, 2.45) is 0 Å². The fourth-order valence-corrected chi connectivity index (χ4v) is 1.11. The summed E-state index contributed by atoms with van der Waals surface area (Å²) in [5.41, 5.74) is 0. The number of unbranched alkanes of at least 4 members (excludes halogenated alkanes) is 1. The van der Waals surface area contributed by atoms with Gasteiger partial charge >= 0.3 is 6.09 Å². The summed E-state index contributed by atoms with van der Waals surface area (Å²) in [6.45, 7) is 5.92. The Hall–Kier alpha value is -1.07. The van der Waals surface area contributed by atoms with Crippen molar-refractivity contribution in [3.63, 3.8) is 0 Å². The lowest BCUT2D eigenvalue weighted by molar-refractivity contribution is 0.194. The predicted molar refractivity (Wildman–Crippen MR) is 65.8 cm³/mol. The van der Waals surface area contributed by atoms with Crippen molar-refractivity contribution in [2.75, 3.05) is 32.7 Å². The lowest BCUT2D eigenvalue weighted by atomic mass is 10.3. The third kappa shape index (κ3) is 12.9. The molecule has 0 aliphatic heterocycles. The Morgan fingerprint density at radius 2 is 1.81 bits per heavy atom. The van der Waals surface area contributed by atoms with E-state index in [1.165, 1.54) is 6.42 Å². The van der Waals surface area contributed by atoms with Crippen LogP contribution in [0.5, 0.6) is 0 Å². The molecule has 5 heteroatoms. The molecule has 0 saturated heterocycles. The van der Waals surface area contributed by atoms with Crippen molar-refractivity contribution in [3.05, 3.63) is 12.2 Å². The van der Waals surface area contributed by atoms with E-state index in [0.717, 1.165) is 26.1 Å². The fourth-order valence-electron chi connectivity index (χ4n) is 1.11. The smallest absolute Gasteiger partial charge is 0.404 e. The Kier molecular flexibility index (Phi) is 11.2. The fraction of sp³-hybridized carbons (Fsp3) is 0.727. The SMILES string of the molecule is CCCC=CCNCCNCCNC(=O)O. The van der Waals surface area contributed by atoms with Crippen molar-refractivity contribution in [3.8, 4) is 0 Å². The first kappa shape index (κ1) is 14.9. The molecule has 16 heavy (non-hydrogen) atoms. The summed E-state index contributed by atoms with van der Waals surface area (Å²) in [7, 11) is 0. The maximum absolute atomic E-state index is 10.1. The molecule has 0 saturated carbocycles. The standard InChI is InChI=1S/C11H23N3O2/c1-2-3-4-5-6-12-7-8-13-9-10-14-11(15)16/h4-5,12-14H,2-3,6-10H2,1H3,(H,15,16). The highest BCUT2D eigenvalue weighted by Gasteiger charge is 1.91. The summed E-state index contributed by atoms with van der Waals surface area (Å²) < 4.78 is 0. The zero-order valence-corrected chi connectivity index (χ0v) is 9.96. The summed E-state index contributed by atoms with van der Waals surface area (Å²) in [5, 5.41) is 17.0. The van der Waals surface area contributed by atoms with Crippen molar-refractivity contribution >= 4 is 6.09 Å². The van der Waals surface area contributed by atoms with Gasteiger partial charge in [-0.2, -0.15) is 0 Å². The molecule has 0 aromatic carbocycles. The first-order valence-corrected chi connectivity index (χ1v) is 5.80. The largest absolute Gasteiger partial charge is 0.465 e. The van der Waals surface area contributed by atoms with Crippen LogP contribution >= 0.6 is 0 Å². The van der Waals surface area contributed by atoms with Crippen LogP contribution < -0.4 is 16.0 Å². The molecule has 0 heterocycles. The van der Waals surface area contributed by atoms with Gasteiger partial charge in [0.25, 0.3) is 0 Å². The highest BCUT2D eigenvalue weighted by molar-refractivity contribution is 5.64. The Morgan fingerprint density at radius 3 is 2.50 bits per heavy atom. The van der Waals surface area contributed by atoms with Gasteiger partial charge in [-0.15, -0.1) is 0 Å². The van der Waals surface area contributed by atoms with Crippen LogP contribution in [-0.2, 0) is 0 Å². The summed E-state index contributed by atoms with van der Waals surface area (Å²) in [6.07, 6.45) is 5.67. The highest BCUT2D eigenvalue weighted by Crippen LogP contribution is 1.86. The van der Waals surface area contributed by atoms with Crippen LogP contribution in [0.25, 0.3) is 0 Å². The molecular weight excluding hydrogens is 206 g/mol. The van der Waals surface area contributed by atoms with E-state index >= 15 is 0 Å². The molecule has 4 N–H and O–H groups in total. The molecule has 0 rings (SSSR count). The van der Waals surface area contributed by atoms with Crippen molar-refractivity contribution in [2.45, 2.75) is 19.8 Å². The van der Waals surface area contributed by atoms with Gasteiger partial charge in [-0.1, -0.05) is 25.5 Å². The molecule has 94 valence electrons. The number of hydrogen-bond donors (Lipinski definition) is 4. The Bertz CT molecular complexity index is 196. The lowest BCUT2D eigenvalue weighted by Gasteiger charge is -2.04. The number of nitrogens with one attached hydrogen (secondary N) is 3. The molecule has 0 fully saturated rings. The summed E-state index contributed by atoms with van der Waals surface area (Å²) >= 11 is 0. The Balaban J connectivity index is 3.01. The predicted octanol–water partition coefficient (Wildman–Crippen LogP) is 0.790. The molecule has 0 unspecified atom stereocenters. The van der Waals surface area contributed by atoms with Gasteiger partial charge in [-0.3, -0.25) is 0 Å². The average molecular weight is 229 g/mol. The second-order valence-electron chi connectivity index (χ2n) is 3.45. The third-order valence-corrected chi connectivity index (χ3v) is 1.94. The molecule has 0 bridgehead atoms. The summed E-state index contributed by atoms with van der Waals surface area (Å²) in [5.74, 6) is 0. The van der Waals surface area contributed by atoms with Gasteiger partial charge < -0.3 is 21.1 Å². The molecule has 1 amide bonds. The molecule has 0 atom stereocenters. The molecular formula is C11H23N3O2. The first-order chi connectivity index (χ1) is 7.77. The lowest BCUT2D eigenvalue weighted by Crippen LogP contribution is -2.34. The van der Waals surface area contributed by atoms with Crippen LogP contribution in [0.1, 0.15) is 19.8 Å². The maximum Gasteiger partial charge on any atom is 0.404 e. The number of carboxylic acid groups (broad SMARTS) is 1. The minimum Gasteiger partial charge on any atom is -0.465 e. The maximum atomic E-state index is 10.1. The van der Waals surface area contributed by atoms with Gasteiger partial charge in [0.2, 0.25) is 0 Å². The van der Waals surface area contributed by atoms with Crippen LogP contribution in [0.2, 0.25) is 0 Å². The van der Waals surface area contributed by atoms with E-state index in [1.54, 1.807) is 0 Å². The van der Waals surface area contributed by atoms with Crippen molar-refractivity contribution in [1.29, 1.82) is 0 Å². The van der Waals surface area contributed by atoms with E-state index in [0.29, 0.717) is 13.1 Å². The molecule has 0 spiro atoms. The first-order valence-electron chi connectivity index (χ1n) is 5.80. The van der Waals surface area contributed by atoms with Gasteiger partial charge in [0.1, 0.15) is 0 Å². The van der Waals surface area contributed by atoms with Crippen LogP contribution in [0.4, 0.5) is 4.79 Å². The quantitative estimate of drug-likeness (QED) is 0.330. The van der Waals surface area contributed by atoms with Crippen molar-refractivity contribution in [1.82, 2.24) is 16.0 Å². The minimum absolute atomic E-state index is 0.450. The third-order valence-electron chi connectivity index (χ3n) is 1.94.